The minimum absolute atomic E-state index is 0.523. The summed E-state index contributed by atoms with van der Waals surface area (Å²) in [6, 6.07) is 4.87. The van der Waals surface area contributed by atoms with Crippen molar-refractivity contribution in [1.82, 2.24) is 5.32 Å². The molecule has 96 valence electrons. The van der Waals surface area contributed by atoms with Crippen LogP contribution in [0, 0.1) is 0 Å². The molecule has 2 aliphatic rings. The first-order valence-electron chi connectivity index (χ1n) is 6.67. The van der Waals surface area contributed by atoms with Crippen molar-refractivity contribution < 1.29 is 4.74 Å². The molecule has 1 aromatic carbocycles. The van der Waals surface area contributed by atoms with Gasteiger partial charge in [-0.1, -0.05) is 28.1 Å². The van der Waals surface area contributed by atoms with Gasteiger partial charge in [-0.15, -0.1) is 0 Å². The van der Waals surface area contributed by atoms with Crippen molar-refractivity contribution in [2.75, 3.05) is 6.61 Å². The second-order valence-corrected chi connectivity index (χ2v) is 5.91. The average Bonchev–Trinajstić information content (AvgIpc) is 2.85. The molecule has 0 amide bonds. The van der Waals surface area contributed by atoms with Crippen LogP contribution < -0.4 is 10.1 Å². The maximum Gasteiger partial charge on any atom is 0.127 e. The highest BCUT2D eigenvalue weighted by Gasteiger charge is 2.18. The molecule has 0 fully saturated rings. The number of benzene rings is 1. The van der Waals surface area contributed by atoms with Crippen LogP contribution in [0.3, 0.4) is 0 Å². The predicted octanol–water partition coefficient (Wildman–Crippen LogP) is 3.58. The normalized spacial score (nSPS) is 21.7. The fourth-order valence-electron chi connectivity index (χ4n) is 2.70. The van der Waals surface area contributed by atoms with E-state index in [9.17, 15) is 0 Å². The van der Waals surface area contributed by atoms with Crippen LogP contribution >= 0.6 is 15.9 Å². The highest BCUT2D eigenvalue weighted by Crippen LogP contribution is 2.33. The Hall–Kier alpha value is -0.800. The first-order valence-corrected chi connectivity index (χ1v) is 7.46. The predicted molar refractivity (Wildman–Crippen MR) is 77.0 cm³/mol. The third-order valence-electron chi connectivity index (χ3n) is 3.63. The van der Waals surface area contributed by atoms with Gasteiger partial charge in [0.25, 0.3) is 0 Å². The van der Waals surface area contributed by atoms with Gasteiger partial charge in [0.15, 0.2) is 0 Å². The molecule has 1 atom stereocenters. The molecule has 1 unspecified atom stereocenters. The monoisotopic (exact) mass is 307 g/mol. The topological polar surface area (TPSA) is 21.3 Å². The Bertz CT molecular complexity index is 470. The van der Waals surface area contributed by atoms with E-state index in [0.29, 0.717) is 6.04 Å². The van der Waals surface area contributed by atoms with E-state index in [4.69, 9.17) is 4.74 Å². The van der Waals surface area contributed by atoms with Crippen LogP contribution in [0.4, 0.5) is 0 Å². The summed E-state index contributed by atoms with van der Waals surface area (Å²) in [5.41, 5.74) is 2.61. The lowest BCUT2D eigenvalue weighted by Crippen LogP contribution is -2.28. The molecular weight excluding hydrogens is 290 g/mol. The number of halogens is 1. The summed E-state index contributed by atoms with van der Waals surface area (Å²) < 4.78 is 6.90. The van der Waals surface area contributed by atoms with E-state index in [1.807, 2.05) is 0 Å². The van der Waals surface area contributed by atoms with Crippen molar-refractivity contribution in [2.45, 2.75) is 38.3 Å². The molecule has 0 saturated heterocycles. The van der Waals surface area contributed by atoms with Crippen LogP contribution in [-0.4, -0.2) is 12.6 Å². The molecule has 3 heteroatoms. The summed E-state index contributed by atoms with van der Waals surface area (Å²) in [4.78, 5) is 0. The van der Waals surface area contributed by atoms with Gasteiger partial charge in [-0.25, -0.2) is 0 Å². The minimum atomic E-state index is 0.523. The van der Waals surface area contributed by atoms with Crippen LogP contribution in [-0.2, 0) is 13.0 Å². The number of ether oxygens (including phenoxy) is 1. The van der Waals surface area contributed by atoms with Crippen molar-refractivity contribution in [2.24, 2.45) is 0 Å². The molecule has 3 rings (SSSR count). The molecule has 1 aliphatic heterocycles. The maximum atomic E-state index is 5.75. The second kappa shape index (κ2) is 5.45. The summed E-state index contributed by atoms with van der Waals surface area (Å²) in [5.74, 6) is 1.10. The van der Waals surface area contributed by atoms with E-state index in [2.05, 4.69) is 45.5 Å². The fourth-order valence-corrected chi connectivity index (χ4v) is 3.25. The van der Waals surface area contributed by atoms with Gasteiger partial charge in [-0.2, -0.15) is 0 Å². The van der Waals surface area contributed by atoms with Gasteiger partial charge in [0.05, 0.1) is 6.61 Å². The zero-order valence-corrected chi connectivity index (χ0v) is 12.0. The zero-order valence-electron chi connectivity index (χ0n) is 10.4. The highest BCUT2D eigenvalue weighted by atomic mass is 79.9. The SMILES string of the molecule is Brc1cc2c(c(CNC3C=CCCC3)c1)OCC2. The Balaban J connectivity index is 1.72. The average molecular weight is 308 g/mol. The van der Waals surface area contributed by atoms with Gasteiger partial charge in [-0.05, 0) is 37.0 Å². The number of rotatable bonds is 3. The molecule has 1 heterocycles. The third kappa shape index (κ3) is 2.62. The van der Waals surface area contributed by atoms with Crippen molar-refractivity contribution in [1.29, 1.82) is 0 Å². The van der Waals surface area contributed by atoms with Crippen molar-refractivity contribution in [3.8, 4) is 5.75 Å². The molecule has 0 bridgehead atoms. The lowest BCUT2D eigenvalue weighted by atomic mass is 10.0. The van der Waals surface area contributed by atoms with Crippen LogP contribution in [0.5, 0.6) is 5.75 Å². The van der Waals surface area contributed by atoms with E-state index >= 15 is 0 Å². The summed E-state index contributed by atoms with van der Waals surface area (Å²) in [6.07, 6.45) is 9.37. The van der Waals surface area contributed by atoms with Gasteiger partial charge >= 0.3 is 0 Å². The van der Waals surface area contributed by atoms with E-state index in [1.54, 1.807) is 0 Å². The Kier molecular flexibility index (Phi) is 3.71. The van der Waals surface area contributed by atoms with Gasteiger partial charge < -0.3 is 10.1 Å². The van der Waals surface area contributed by atoms with Gasteiger partial charge in [-0.3, -0.25) is 0 Å². The van der Waals surface area contributed by atoms with Crippen LogP contribution in [0.2, 0.25) is 0 Å². The molecule has 1 aromatic rings. The van der Waals surface area contributed by atoms with E-state index in [-0.39, 0.29) is 0 Å². The Labute approximate surface area is 117 Å². The number of hydrogen-bond donors (Lipinski definition) is 1. The molecular formula is C15H18BrNO. The van der Waals surface area contributed by atoms with Crippen LogP contribution in [0.15, 0.2) is 28.8 Å². The van der Waals surface area contributed by atoms with Crippen LogP contribution in [0.25, 0.3) is 0 Å². The summed E-state index contributed by atoms with van der Waals surface area (Å²) in [5, 5.41) is 3.61. The molecule has 1 N–H and O–H groups in total. The fraction of sp³-hybridized carbons (Fsp3) is 0.467. The van der Waals surface area contributed by atoms with Gasteiger partial charge in [0.1, 0.15) is 5.75 Å². The highest BCUT2D eigenvalue weighted by molar-refractivity contribution is 9.10. The molecule has 1 aliphatic carbocycles. The largest absolute Gasteiger partial charge is 0.493 e. The van der Waals surface area contributed by atoms with Gasteiger partial charge in [0, 0.05) is 29.0 Å². The molecule has 18 heavy (non-hydrogen) atoms. The Morgan fingerprint density at radius 1 is 1.39 bits per heavy atom. The molecule has 0 radical (unpaired) electrons. The quantitative estimate of drug-likeness (QED) is 0.862. The summed E-state index contributed by atoms with van der Waals surface area (Å²) in [7, 11) is 0. The Morgan fingerprint density at radius 2 is 2.33 bits per heavy atom. The number of allylic oxidation sites excluding steroid dienone is 1. The number of hydrogen-bond acceptors (Lipinski definition) is 2. The van der Waals surface area contributed by atoms with Gasteiger partial charge in [0.2, 0.25) is 0 Å². The number of fused-ring (bicyclic) bond motifs is 1. The summed E-state index contributed by atoms with van der Waals surface area (Å²) in [6.45, 7) is 1.71. The van der Waals surface area contributed by atoms with Crippen molar-refractivity contribution >= 4 is 15.9 Å². The lowest BCUT2D eigenvalue weighted by Gasteiger charge is -2.19. The number of nitrogens with one attached hydrogen (secondary N) is 1. The standard InChI is InChI=1S/C15H18BrNO/c16-13-8-11-6-7-18-15(11)12(9-13)10-17-14-4-2-1-3-5-14/h2,4,8-9,14,17H,1,3,5-7,10H2. The van der Waals surface area contributed by atoms with Crippen molar-refractivity contribution in [3.05, 3.63) is 39.9 Å². The molecule has 2 nitrogen and oxygen atoms in total. The second-order valence-electron chi connectivity index (χ2n) is 5.00. The summed E-state index contributed by atoms with van der Waals surface area (Å²) >= 11 is 3.58. The van der Waals surface area contributed by atoms with E-state index < -0.39 is 0 Å². The van der Waals surface area contributed by atoms with E-state index in [0.717, 1.165) is 29.8 Å². The lowest BCUT2D eigenvalue weighted by molar-refractivity contribution is 0.351. The minimum Gasteiger partial charge on any atom is -0.493 e. The maximum absolute atomic E-state index is 5.75. The molecule has 0 spiro atoms. The first kappa shape index (κ1) is 12.2. The molecule has 0 saturated carbocycles. The third-order valence-corrected chi connectivity index (χ3v) is 4.09. The van der Waals surface area contributed by atoms with Crippen molar-refractivity contribution in [3.63, 3.8) is 0 Å². The molecule has 0 aromatic heterocycles. The smallest absolute Gasteiger partial charge is 0.127 e. The first-order chi connectivity index (χ1) is 8.83. The van der Waals surface area contributed by atoms with Crippen LogP contribution in [0.1, 0.15) is 30.4 Å². The Morgan fingerprint density at radius 3 is 3.17 bits per heavy atom. The zero-order chi connectivity index (χ0) is 12.4. The van der Waals surface area contributed by atoms with E-state index in [1.165, 1.54) is 30.4 Å².